The smallest absolute Gasteiger partial charge is 0.124 e. The first-order valence-electron chi connectivity index (χ1n) is 4.83. The Morgan fingerprint density at radius 1 is 1.60 bits per heavy atom. The van der Waals surface area contributed by atoms with Crippen LogP contribution in [0.1, 0.15) is 25.5 Å². The highest BCUT2D eigenvalue weighted by Crippen LogP contribution is 2.27. The molecule has 0 radical (unpaired) electrons. The molecule has 2 nitrogen and oxygen atoms in total. The van der Waals surface area contributed by atoms with E-state index in [0.717, 1.165) is 21.4 Å². The Labute approximate surface area is 99.3 Å². The molecule has 0 heterocycles. The van der Waals surface area contributed by atoms with Crippen LogP contribution in [0, 0.1) is 0 Å². The molecule has 1 aromatic rings. The Morgan fingerprint density at radius 2 is 2.27 bits per heavy atom. The normalized spacial score (nSPS) is 12.3. The van der Waals surface area contributed by atoms with Crippen molar-refractivity contribution in [3.8, 4) is 5.75 Å². The molecule has 1 atom stereocenters. The molecule has 0 saturated heterocycles. The molecule has 0 aliphatic heterocycles. The first-order valence-corrected chi connectivity index (χ1v) is 5.62. The summed E-state index contributed by atoms with van der Waals surface area (Å²) in [5.41, 5.74) is 7.87. The van der Waals surface area contributed by atoms with Crippen molar-refractivity contribution in [3.63, 3.8) is 0 Å². The van der Waals surface area contributed by atoms with Crippen molar-refractivity contribution in [2.24, 2.45) is 5.73 Å². The lowest BCUT2D eigenvalue weighted by atomic mass is 10.1. The third kappa shape index (κ3) is 3.68. The predicted octanol–water partition coefficient (Wildman–Crippen LogP) is 3.42. The summed E-state index contributed by atoms with van der Waals surface area (Å²) < 4.78 is 6.63. The van der Waals surface area contributed by atoms with Crippen LogP contribution in [0.3, 0.4) is 0 Å². The van der Waals surface area contributed by atoms with Gasteiger partial charge in [-0.2, -0.15) is 0 Å². The van der Waals surface area contributed by atoms with Crippen molar-refractivity contribution in [1.82, 2.24) is 0 Å². The minimum Gasteiger partial charge on any atom is -0.489 e. The molecule has 0 aliphatic carbocycles. The fourth-order valence-electron chi connectivity index (χ4n) is 1.21. The number of hydrogen-bond acceptors (Lipinski definition) is 2. The molecule has 1 rings (SSSR count). The van der Waals surface area contributed by atoms with Gasteiger partial charge in [0.05, 0.1) is 0 Å². The fourth-order valence-corrected chi connectivity index (χ4v) is 1.59. The van der Waals surface area contributed by atoms with Crippen LogP contribution in [0.5, 0.6) is 5.75 Å². The summed E-state index contributed by atoms with van der Waals surface area (Å²) in [5.74, 6) is 0.830. The third-order valence-corrected chi connectivity index (χ3v) is 2.43. The molecule has 1 aromatic carbocycles. The zero-order chi connectivity index (χ0) is 11.4. The Kier molecular flexibility index (Phi) is 4.36. The quantitative estimate of drug-likeness (QED) is 0.851. The highest BCUT2D eigenvalue weighted by molar-refractivity contribution is 9.10. The van der Waals surface area contributed by atoms with Gasteiger partial charge in [0.25, 0.3) is 0 Å². The van der Waals surface area contributed by atoms with Crippen LogP contribution in [0.4, 0.5) is 0 Å². The van der Waals surface area contributed by atoms with E-state index in [-0.39, 0.29) is 6.04 Å². The van der Waals surface area contributed by atoms with Gasteiger partial charge in [-0.25, -0.2) is 0 Å². The van der Waals surface area contributed by atoms with Crippen LogP contribution in [-0.4, -0.2) is 6.61 Å². The maximum Gasteiger partial charge on any atom is 0.124 e. The summed E-state index contributed by atoms with van der Waals surface area (Å²) in [4.78, 5) is 0. The fraction of sp³-hybridized carbons (Fsp3) is 0.333. The zero-order valence-electron chi connectivity index (χ0n) is 9.09. The van der Waals surface area contributed by atoms with Gasteiger partial charge in [0, 0.05) is 16.1 Å². The van der Waals surface area contributed by atoms with E-state index in [1.54, 1.807) is 0 Å². The van der Waals surface area contributed by atoms with Crippen LogP contribution in [0.15, 0.2) is 34.8 Å². The molecule has 0 aromatic heterocycles. The van der Waals surface area contributed by atoms with Crippen molar-refractivity contribution in [2.45, 2.75) is 19.9 Å². The van der Waals surface area contributed by atoms with Crippen LogP contribution >= 0.6 is 15.9 Å². The molecular formula is C12H16BrNO. The molecule has 0 spiro atoms. The average Bonchev–Trinajstić information content (AvgIpc) is 2.15. The number of ether oxygens (including phenoxy) is 1. The maximum atomic E-state index is 5.87. The Bertz CT molecular complexity index is 361. The SMILES string of the molecule is C=C(C)COc1ccc(Br)cc1[C@@H](C)N. The second-order valence-electron chi connectivity index (χ2n) is 3.72. The van der Waals surface area contributed by atoms with E-state index in [1.807, 2.05) is 32.0 Å². The molecule has 0 amide bonds. The van der Waals surface area contributed by atoms with Gasteiger partial charge < -0.3 is 10.5 Å². The van der Waals surface area contributed by atoms with Crippen molar-refractivity contribution in [3.05, 3.63) is 40.4 Å². The molecule has 0 saturated carbocycles. The van der Waals surface area contributed by atoms with Crippen molar-refractivity contribution in [2.75, 3.05) is 6.61 Å². The maximum absolute atomic E-state index is 5.87. The number of benzene rings is 1. The summed E-state index contributed by atoms with van der Waals surface area (Å²) in [5, 5.41) is 0. The van der Waals surface area contributed by atoms with E-state index in [2.05, 4.69) is 22.5 Å². The lowest BCUT2D eigenvalue weighted by Crippen LogP contribution is -2.09. The van der Waals surface area contributed by atoms with Crippen LogP contribution in [0.2, 0.25) is 0 Å². The standard InChI is InChI=1S/C12H16BrNO/c1-8(2)7-15-12-5-4-10(13)6-11(12)9(3)14/h4-6,9H,1,7,14H2,2-3H3/t9-/m1/s1. The highest BCUT2D eigenvalue weighted by Gasteiger charge is 2.08. The van der Waals surface area contributed by atoms with E-state index in [0.29, 0.717) is 6.61 Å². The van der Waals surface area contributed by atoms with Crippen LogP contribution in [-0.2, 0) is 0 Å². The topological polar surface area (TPSA) is 35.2 Å². The van der Waals surface area contributed by atoms with E-state index in [4.69, 9.17) is 10.5 Å². The molecule has 2 N–H and O–H groups in total. The van der Waals surface area contributed by atoms with Gasteiger partial charge in [0.15, 0.2) is 0 Å². The Morgan fingerprint density at radius 3 is 2.80 bits per heavy atom. The molecule has 15 heavy (non-hydrogen) atoms. The van der Waals surface area contributed by atoms with Crippen LogP contribution < -0.4 is 10.5 Å². The highest BCUT2D eigenvalue weighted by atomic mass is 79.9. The lowest BCUT2D eigenvalue weighted by molar-refractivity contribution is 0.347. The minimum absolute atomic E-state index is 0.0392. The van der Waals surface area contributed by atoms with Gasteiger partial charge in [-0.1, -0.05) is 22.5 Å². The van der Waals surface area contributed by atoms with Gasteiger partial charge >= 0.3 is 0 Å². The van der Waals surface area contributed by atoms with E-state index in [1.165, 1.54) is 0 Å². The van der Waals surface area contributed by atoms with Gasteiger partial charge in [-0.3, -0.25) is 0 Å². The average molecular weight is 270 g/mol. The van der Waals surface area contributed by atoms with E-state index < -0.39 is 0 Å². The third-order valence-electron chi connectivity index (χ3n) is 1.94. The van der Waals surface area contributed by atoms with Crippen molar-refractivity contribution < 1.29 is 4.74 Å². The molecule has 0 aliphatic rings. The summed E-state index contributed by atoms with van der Waals surface area (Å²) in [7, 11) is 0. The van der Waals surface area contributed by atoms with E-state index in [9.17, 15) is 0 Å². The van der Waals surface area contributed by atoms with Crippen molar-refractivity contribution in [1.29, 1.82) is 0 Å². The molecule has 3 heteroatoms. The van der Waals surface area contributed by atoms with Gasteiger partial charge in [0.1, 0.15) is 12.4 Å². The minimum atomic E-state index is -0.0392. The lowest BCUT2D eigenvalue weighted by Gasteiger charge is -2.14. The second kappa shape index (κ2) is 5.33. The number of hydrogen-bond donors (Lipinski definition) is 1. The molecule has 0 bridgehead atoms. The molecule has 0 fully saturated rings. The molecule has 0 unspecified atom stereocenters. The number of nitrogens with two attached hydrogens (primary N) is 1. The second-order valence-corrected chi connectivity index (χ2v) is 4.63. The first kappa shape index (κ1) is 12.3. The number of rotatable bonds is 4. The number of halogens is 1. The van der Waals surface area contributed by atoms with Gasteiger partial charge in [-0.05, 0) is 37.6 Å². The zero-order valence-corrected chi connectivity index (χ0v) is 10.7. The monoisotopic (exact) mass is 269 g/mol. The summed E-state index contributed by atoms with van der Waals surface area (Å²) in [6.45, 7) is 8.20. The predicted molar refractivity (Wildman–Crippen MR) is 67.1 cm³/mol. The van der Waals surface area contributed by atoms with Gasteiger partial charge in [-0.15, -0.1) is 0 Å². The first-order chi connectivity index (χ1) is 7.00. The van der Waals surface area contributed by atoms with Gasteiger partial charge in [0.2, 0.25) is 0 Å². The van der Waals surface area contributed by atoms with Crippen molar-refractivity contribution >= 4 is 15.9 Å². The Balaban J connectivity index is 2.90. The summed E-state index contributed by atoms with van der Waals surface area (Å²) >= 11 is 3.42. The van der Waals surface area contributed by atoms with Crippen LogP contribution in [0.25, 0.3) is 0 Å². The van der Waals surface area contributed by atoms with E-state index >= 15 is 0 Å². The molecular weight excluding hydrogens is 254 g/mol. The Hall–Kier alpha value is -0.800. The molecule has 82 valence electrons. The summed E-state index contributed by atoms with van der Waals surface area (Å²) in [6, 6.07) is 5.81. The summed E-state index contributed by atoms with van der Waals surface area (Å²) in [6.07, 6.45) is 0. The largest absolute Gasteiger partial charge is 0.489 e.